The minimum absolute atomic E-state index is 0.0447. The van der Waals surface area contributed by atoms with Crippen LogP contribution in [0, 0.1) is 23.7 Å². The molecule has 0 saturated carbocycles. The summed E-state index contributed by atoms with van der Waals surface area (Å²) in [6.07, 6.45) is 0.0447. The third kappa shape index (κ3) is 12.0. The number of carbonyl (C=O) groups is 2. The summed E-state index contributed by atoms with van der Waals surface area (Å²) in [5.74, 6) is 0.671. The van der Waals surface area contributed by atoms with Crippen LogP contribution < -0.4 is 0 Å². The molecule has 0 rings (SSSR count). The van der Waals surface area contributed by atoms with Crippen molar-refractivity contribution in [2.75, 3.05) is 26.3 Å². The van der Waals surface area contributed by atoms with Crippen LogP contribution in [-0.4, -0.2) is 49.2 Å². The Kier molecular flexibility index (Phi) is 11.7. The highest BCUT2D eigenvalue weighted by molar-refractivity contribution is 5.82. The molecule has 0 aromatic rings. The predicted octanol–water partition coefficient (Wildman–Crippen LogP) is 3.76. The highest BCUT2D eigenvalue weighted by atomic mass is 16.5. The molecule has 0 amide bonds. The van der Waals surface area contributed by atoms with Gasteiger partial charge in [-0.25, -0.2) is 0 Å². The average Bonchev–Trinajstić information content (AvgIpc) is 2.46. The molecule has 0 radical (unpaired) electrons. The van der Waals surface area contributed by atoms with Gasteiger partial charge < -0.3 is 9.47 Å². The molecule has 0 aromatic heterocycles. The Hall–Kier alpha value is -1.10. The van der Waals surface area contributed by atoms with Gasteiger partial charge in [-0.2, -0.15) is 0 Å². The van der Waals surface area contributed by atoms with Crippen LogP contribution in [0.15, 0.2) is 0 Å². The minimum atomic E-state index is -0.580. The molecule has 0 fully saturated rings. The monoisotopic (exact) mass is 357 g/mol. The summed E-state index contributed by atoms with van der Waals surface area (Å²) in [5, 5.41) is 0. The van der Waals surface area contributed by atoms with Gasteiger partial charge in [0.2, 0.25) is 0 Å². The number of rotatable bonds is 12. The second-order valence-electron chi connectivity index (χ2n) is 8.56. The maximum atomic E-state index is 12.7. The Morgan fingerprint density at radius 3 is 1.56 bits per heavy atom. The van der Waals surface area contributed by atoms with Crippen molar-refractivity contribution in [1.82, 2.24) is 4.90 Å². The SMILES string of the molecule is CC(C)COC(=O)CC(C(=O)OCC(C)C)N(CC(C)C)CC(C)C. The number of ether oxygens (including phenoxy) is 2. The molecule has 0 saturated heterocycles. The number of nitrogens with zero attached hydrogens (tertiary/aromatic N) is 1. The summed E-state index contributed by atoms with van der Waals surface area (Å²) in [5.41, 5.74) is 0. The highest BCUT2D eigenvalue weighted by Gasteiger charge is 2.31. The number of esters is 2. The second kappa shape index (κ2) is 12.3. The van der Waals surface area contributed by atoms with Crippen LogP contribution in [0.5, 0.6) is 0 Å². The second-order valence-corrected chi connectivity index (χ2v) is 8.56. The molecule has 5 heteroatoms. The van der Waals surface area contributed by atoms with Crippen LogP contribution in [0.3, 0.4) is 0 Å². The van der Waals surface area contributed by atoms with Crippen molar-refractivity contribution >= 4 is 11.9 Å². The van der Waals surface area contributed by atoms with Crippen molar-refractivity contribution < 1.29 is 19.1 Å². The molecule has 0 heterocycles. The zero-order valence-electron chi connectivity index (χ0n) is 17.5. The molecule has 0 spiro atoms. The van der Waals surface area contributed by atoms with E-state index in [2.05, 4.69) is 32.6 Å². The van der Waals surface area contributed by atoms with E-state index in [1.807, 2.05) is 27.7 Å². The topological polar surface area (TPSA) is 55.8 Å². The Bertz CT molecular complexity index is 381. The van der Waals surface area contributed by atoms with Crippen LogP contribution in [0.2, 0.25) is 0 Å². The van der Waals surface area contributed by atoms with Gasteiger partial charge in [-0.1, -0.05) is 55.4 Å². The summed E-state index contributed by atoms with van der Waals surface area (Å²) in [6, 6.07) is -0.580. The van der Waals surface area contributed by atoms with Crippen molar-refractivity contribution in [2.45, 2.75) is 67.9 Å². The predicted molar refractivity (Wildman–Crippen MR) is 101 cm³/mol. The number of carbonyl (C=O) groups excluding carboxylic acids is 2. The lowest BCUT2D eigenvalue weighted by atomic mass is 10.1. The van der Waals surface area contributed by atoms with Crippen LogP contribution in [0.4, 0.5) is 0 Å². The molecular weight excluding hydrogens is 318 g/mol. The first-order chi connectivity index (χ1) is 11.5. The van der Waals surface area contributed by atoms with Crippen molar-refractivity contribution in [1.29, 1.82) is 0 Å². The summed E-state index contributed by atoms with van der Waals surface area (Å²) in [6.45, 7) is 18.7. The van der Waals surface area contributed by atoms with Crippen molar-refractivity contribution in [2.24, 2.45) is 23.7 Å². The summed E-state index contributed by atoms with van der Waals surface area (Å²) < 4.78 is 10.7. The van der Waals surface area contributed by atoms with Crippen LogP contribution in [0.1, 0.15) is 61.8 Å². The van der Waals surface area contributed by atoms with Crippen molar-refractivity contribution in [3.05, 3.63) is 0 Å². The fraction of sp³-hybridized carbons (Fsp3) is 0.900. The van der Waals surface area contributed by atoms with E-state index in [4.69, 9.17) is 9.47 Å². The van der Waals surface area contributed by atoms with E-state index in [1.54, 1.807) is 0 Å². The molecule has 148 valence electrons. The number of hydrogen-bond donors (Lipinski definition) is 0. The molecule has 0 aromatic carbocycles. The summed E-state index contributed by atoms with van der Waals surface area (Å²) >= 11 is 0. The van der Waals surface area contributed by atoms with Gasteiger partial charge in [-0.15, -0.1) is 0 Å². The molecule has 1 unspecified atom stereocenters. The van der Waals surface area contributed by atoms with E-state index in [0.717, 1.165) is 13.1 Å². The maximum Gasteiger partial charge on any atom is 0.323 e. The summed E-state index contributed by atoms with van der Waals surface area (Å²) in [7, 11) is 0. The first-order valence-corrected chi connectivity index (χ1v) is 9.59. The van der Waals surface area contributed by atoms with Gasteiger partial charge in [0.15, 0.2) is 0 Å². The fourth-order valence-corrected chi connectivity index (χ4v) is 2.45. The number of hydrogen-bond acceptors (Lipinski definition) is 5. The van der Waals surface area contributed by atoms with Gasteiger partial charge in [-0.3, -0.25) is 14.5 Å². The van der Waals surface area contributed by atoms with Gasteiger partial charge in [-0.05, 0) is 23.7 Å². The van der Waals surface area contributed by atoms with Gasteiger partial charge in [0.1, 0.15) is 6.04 Å². The van der Waals surface area contributed by atoms with Crippen LogP contribution >= 0.6 is 0 Å². The van der Waals surface area contributed by atoms with Crippen molar-refractivity contribution in [3.63, 3.8) is 0 Å². The van der Waals surface area contributed by atoms with E-state index in [1.165, 1.54) is 0 Å². The molecule has 1 atom stereocenters. The lowest BCUT2D eigenvalue weighted by molar-refractivity contribution is -0.158. The van der Waals surface area contributed by atoms with Gasteiger partial charge in [0.25, 0.3) is 0 Å². The third-order valence-electron chi connectivity index (χ3n) is 3.41. The standard InChI is InChI=1S/C20H39NO4/c1-14(2)10-21(11-15(3)4)18(20(23)25-13-17(7)8)9-19(22)24-12-16(5)6/h14-18H,9-13H2,1-8H3. The van der Waals surface area contributed by atoms with Gasteiger partial charge in [0, 0.05) is 13.1 Å². The average molecular weight is 358 g/mol. The van der Waals surface area contributed by atoms with Gasteiger partial charge in [0.05, 0.1) is 19.6 Å². The van der Waals surface area contributed by atoms with Gasteiger partial charge >= 0.3 is 11.9 Å². The molecular formula is C20H39NO4. The normalized spacial score (nSPS) is 13.2. The van der Waals surface area contributed by atoms with Crippen molar-refractivity contribution in [3.8, 4) is 0 Å². The Morgan fingerprint density at radius 1 is 0.720 bits per heavy atom. The first-order valence-electron chi connectivity index (χ1n) is 9.59. The van der Waals surface area contributed by atoms with E-state index in [-0.39, 0.29) is 30.2 Å². The highest BCUT2D eigenvalue weighted by Crippen LogP contribution is 2.15. The largest absolute Gasteiger partial charge is 0.465 e. The maximum absolute atomic E-state index is 12.7. The van der Waals surface area contributed by atoms with Crippen LogP contribution in [-0.2, 0) is 19.1 Å². The first kappa shape index (κ1) is 23.9. The Labute approximate surface area is 154 Å². The summed E-state index contributed by atoms with van der Waals surface area (Å²) in [4.78, 5) is 27.0. The zero-order chi connectivity index (χ0) is 19.6. The Morgan fingerprint density at radius 2 is 1.16 bits per heavy atom. The fourth-order valence-electron chi connectivity index (χ4n) is 2.45. The molecule has 0 aliphatic carbocycles. The van der Waals surface area contributed by atoms with E-state index in [9.17, 15) is 9.59 Å². The molecule has 5 nitrogen and oxygen atoms in total. The van der Waals surface area contributed by atoms with E-state index < -0.39 is 6.04 Å². The minimum Gasteiger partial charge on any atom is -0.465 e. The lowest BCUT2D eigenvalue weighted by Crippen LogP contribution is -2.47. The molecule has 0 aliphatic rings. The third-order valence-corrected chi connectivity index (χ3v) is 3.41. The molecule has 0 bridgehead atoms. The van der Waals surface area contributed by atoms with E-state index >= 15 is 0 Å². The van der Waals surface area contributed by atoms with E-state index in [0.29, 0.717) is 25.0 Å². The zero-order valence-corrected chi connectivity index (χ0v) is 17.5. The van der Waals surface area contributed by atoms with Crippen LogP contribution in [0.25, 0.3) is 0 Å². The molecule has 25 heavy (non-hydrogen) atoms. The quantitative estimate of drug-likeness (QED) is 0.498. The molecule has 0 aliphatic heterocycles. The Balaban J connectivity index is 5.16. The lowest BCUT2D eigenvalue weighted by Gasteiger charge is -2.32. The smallest absolute Gasteiger partial charge is 0.323 e. The molecule has 0 N–H and O–H groups in total.